The van der Waals surface area contributed by atoms with Crippen LogP contribution in [0.1, 0.15) is 0 Å². The molecule has 1 rings (SSSR count). The Balaban J connectivity index is 2.04. The molecule has 1 radical (unpaired) electrons. The van der Waals surface area contributed by atoms with Gasteiger partial charge in [0.05, 0.1) is 5.08 Å². The molecule has 0 nitrogen and oxygen atoms in total. The molecule has 0 aromatic carbocycles. The SMILES string of the molecule is [CH]1SCCSCS1. The van der Waals surface area contributed by atoms with Crippen LogP contribution in [0.4, 0.5) is 0 Å². The van der Waals surface area contributed by atoms with Crippen molar-refractivity contribution in [2.24, 2.45) is 0 Å². The molecule has 1 saturated heterocycles. The molecule has 0 aliphatic carbocycles. The molecule has 0 spiro atoms. The normalized spacial score (nSPS) is 24.0. The molecule has 1 aliphatic heterocycles. The third-order valence-electron chi connectivity index (χ3n) is 0.633. The van der Waals surface area contributed by atoms with Crippen LogP contribution < -0.4 is 0 Å². The maximum absolute atomic E-state index is 2.24. The molecule has 0 saturated carbocycles. The van der Waals surface area contributed by atoms with Gasteiger partial charge in [0.15, 0.2) is 0 Å². The highest BCUT2D eigenvalue weighted by atomic mass is 32.2. The average Bonchev–Trinajstić information content (AvgIpc) is 1.90. The quantitative estimate of drug-likeness (QED) is 0.521. The second-order valence-electron chi connectivity index (χ2n) is 1.16. The summed E-state index contributed by atoms with van der Waals surface area (Å²) in [5, 5.41) is 3.49. The van der Waals surface area contributed by atoms with Crippen molar-refractivity contribution in [3.63, 3.8) is 0 Å². The molecular formula is C4H7S3. The highest BCUT2D eigenvalue weighted by Gasteiger charge is 1.96. The molecule has 0 atom stereocenters. The minimum atomic E-state index is 1.26. The van der Waals surface area contributed by atoms with Gasteiger partial charge >= 0.3 is 0 Å². The van der Waals surface area contributed by atoms with E-state index < -0.39 is 0 Å². The Morgan fingerprint density at radius 2 is 2.14 bits per heavy atom. The fraction of sp³-hybridized carbons (Fsp3) is 0.750. The van der Waals surface area contributed by atoms with E-state index in [1.807, 2.05) is 35.3 Å². The summed E-state index contributed by atoms with van der Waals surface area (Å²) in [6.45, 7) is 0. The molecule has 1 aliphatic rings. The minimum absolute atomic E-state index is 1.26. The summed E-state index contributed by atoms with van der Waals surface area (Å²) in [7, 11) is 0. The van der Waals surface area contributed by atoms with Crippen molar-refractivity contribution in [3.05, 3.63) is 5.08 Å². The summed E-state index contributed by atoms with van der Waals surface area (Å²) < 4.78 is 0. The Morgan fingerprint density at radius 3 is 3.14 bits per heavy atom. The van der Waals surface area contributed by atoms with Gasteiger partial charge in [-0.3, -0.25) is 0 Å². The van der Waals surface area contributed by atoms with E-state index in [4.69, 9.17) is 0 Å². The molecule has 3 heteroatoms. The Bertz CT molecular complexity index is 26.5. The monoisotopic (exact) mass is 151 g/mol. The Kier molecular flexibility index (Phi) is 3.51. The molecule has 0 amide bonds. The van der Waals surface area contributed by atoms with Gasteiger partial charge in [0.1, 0.15) is 0 Å². The lowest BCUT2D eigenvalue weighted by molar-refractivity contribution is 1.56. The highest BCUT2D eigenvalue weighted by Crippen LogP contribution is 2.27. The van der Waals surface area contributed by atoms with E-state index in [1.54, 1.807) is 0 Å². The van der Waals surface area contributed by atoms with E-state index >= 15 is 0 Å². The van der Waals surface area contributed by atoms with Crippen molar-refractivity contribution in [1.82, 2.24) is 0 Å². The van der Waals surface area contributed by atoms with Crippen LogP contribution in [-0.4, -0.2) is 16.6 Å². The minimum Gasteiger partial charge on any atom is -0.150 e. The molecule has 0 aromatic heterocycles. The Morgan fingerprint density at radius 1 is 1.14 bits per heavy atom. The Labute approximate surface area is 57.2 Å². The summed E-state index contributed by atoms with van der Waals surface area (Å²) in [6, 6.07) is 0. The van der Waals surface area contributed by atoms with Gasteiger partial charge in [-0.15, -0.1) is 23.5 Å². The first-order chi connectivity index (χ1) is 3.50. The van der Waals surface area contributed by atoms with Crippen molar-refractivity contribution in [3.8, 4) is 0 Å². The molecule has 1 heterocycles. The van der Waals surface area contributed by atoms with Crippen molar-refractivity contribution in [2.75, 3.05) is 16.6 Å². The van der Waals surface area contributed by atoms with Crippen molar-refractivity contribution >= 4 is 35.3 Å². The predicted octanol–water partition coefficient (Wildman–Crippen LogP) is 2.28. The van der Waals surface area contributed by atoms with Gasteiger partial charge < -0.3 is 0 Å². The lowest BCUT2D eigenvalue weighted by Gasteiger charge is -1.85. The largest absolute Gasteiger partial charge is 0.150 e. The van der Waals surface area contributed by atoms with Crippen LogP contribution in [0.15, 0.2) is 0 Å². The summed E-state index contributed by atoms with van der Waals surface area (Å²) in [4.78, 5) is 0. The van der Waals surface area contributed by atoms with Gasteiger partial charge in [0, 0.05) is 16.6 Å². The maximum Gasteiger partial charge on any atom is 0.0721 e. The number of hydrogen-bond donors (Lipinski definition) is 0. The zero-order valence-electron chi connectivity index (χ0n) is 3.92. The van der Waals surface area contributed by atoms with Crippen LogP contribution in [0.3, 0.4) is 0 Å². The fourth-order valence-electron chi connectivity index (χ4n) is 0.338. The predicted molar refractivity (Wildman–Crippen MR) is 41.7 cm³/mol. The zero-order chi connectivity index (χ0) is 4.95. The average molecular weight is 151 g/mol. The van der Waals surface area contributed by atoms with Crippen LogP contribution in [0, 0.1) is 5.08 Å². The summed E-state index contributed by atoms with van der Waals surface area (Å²) in [6.07, 6.45) is 0. The Hall–Kier alpha value is 1.05. The number of thioether (sulfide) groups is 3. The van der Waals surface area contributed by atoms with Crippen LogP contribution in [-0.2, 0) is 0 Å². The van der Waals surface area contributed by atoms with Gasteiger partial charge in [-0.25, -0.2) is 0 Å². The van der Waals surface area contributed by atoms with Gasteiger partial charge in [-0.2, -0.15) is 11.8 Å². The molecule has 0 aromatic rings. The zero-order valence-corrected chi connectivity index (χ0v) is 6.37. The summed E-state index contributed by atoms with van der Waals surface area (Å²) >= 11 is 5.88. The summed E-state index contributed by atoms with van der Waals surface area (Å²) in [5.41, 5.74) is 0. The first-order valence-corrected chi connectivity index (χ1v) is 5.38. The van der Waals surface area contributed by atoms with E-state index in [2.05, 4.69) is 5.08 Å². The lowest BCUT2D eigenvalue weighted by atomic mass is 11.0. The fourth-order valence-corrected chi connectivity index (χ4v) is 3.54. The van der Waals surface area contributed by atoms with Gasteiger partial charge in [-0.1, -0.05) is 0 Å². The highest BCUT2D eigenvalue weighted by molar-refractivity contribution is 8.26. The smallest absolute Gasteiger partial charge is 0.0721 e. The molecule has 1 fully saturated rings. The molecule has 0 bridgehead atoms. The number of rotatable bonds is 0. The third kappa shape index (κ3) is 2.77. The van der Waals surface area contributed by atoms with E-state index in [0.29, 0.717) is 0 Å². The van der Waals surface area contributed by atoms with Crippen LogP contribution >= 0.6 is 35.3 Å². The first-order valence-electron chi connectivity index (χ1n) is 2.13. The van der Waals surface area contributed by atoms with Crippen LogP contribution in [0.2, 0.25) is 0 Å². The van der Waals surface area contributed by atoms with E-state index in [-0.39, 0.29) is 0 Å². The maximum atomic E-state index is 2.24. The second-order valence-corrected chi connectivity index (χ2v) is 4.76. The van der Waals surface area contributed by atoms with Gasteiger partial charge in [0.25, 0.3) is 0 Å². The van der Waals surface area contributed by atoms with Crippen molar-refractivity contribution in [2.45, 2.75) is 0 Å². The molecule has 0 N–H and O–H groups in total. The first kappa shape index (κ1) is 6.17. The lowest BCUT2D eigenvalue weighted by Crippen LogP contribution is -1.76. The molecule has 41 valence electrons. The third-order valence-corrected chi connectivity index (χ3v) is 4.12. The standard InChI is InChI=1S/C4H7S3/c1-2-6-4-7-3-5-1/h3H,1-2,4H2. The second kappa shape index (κ2) is 3.98. The number of hydrogen-bond acceptors (Lipinski definition) is 3. The molecule has 0 unspecified atom stereocenters. The van der Waals surface area contributed by atoms with E-state index in [9.17, 15) is 0 Å². The summed E-state index contributed by atoms with van der Waals surface area (Å²) in [5.74, 6) is 2.63. The molecular weight excluding hydrogens is 144 g/mol. The van der Waals surface area contributed by atoms with Crippen LogP contribution in [0.25, 0.3) is 0 Å². The van der Waals surface area contributed by atoms with Crippen LogP contribution in [0.5, 0.6) is 0 Å². The van der Waals surface area contributed by atoms with E-state index in [0.717, 1.165) is 0 Å². The topological polar surface area (TPSA) is 0 Å². The van der Waals surface area contributed by atoms with Gasteiger partial charge in [-0.05, 0) is 0 Å². The van der Waals surface area contributed by atoms with E-state index in [1.165, 1.54) is 16.6 Å². The molecule has 7 heavy (non-hydrogen) atoms. The van der Waals surface area contributed by atoms with Crippen molar-refractivity contribution in [1.29, 1.82) is 0 Å². The van der Waals surface area contributed by atoms with Crippen molar-refractivity contribution < 1.29 is 0 Å². The van der Waals surface area contributed by atoms with Gasteiger partial charge in [0.2, 0.25) is 0 Å².